The summed E-state index contributed by atoms with van der Waals surface area (Å²) in [4.78, 5) is 0. The summed E-state index contributed by atoms with van der Waals surface area (Å²) in [5.41, 5.74) is 2.74. The first-order valence-corrected chi connectivity index (χ1v) is 4.64. The van der Waals surface area contributed by atoms with Crippen LogP contribution in [-0.4, -0.2) is 0 Å². The maximum absolute atomic E-state index is 7.76. The highest BCUT2D eigenvalue weighted by Gasteiger charge is 2.04. The van der Waals surface area contributed by atoms with Gasteiger partial charge in [0.15, 0.2) is 0 Å². The fourth-order valence-electron chi connectivity index (χ4n) is 1.77. The first kappa shape index (κ1) is 6.66. The molecule has 0 aliphatic rings. The Morgan fingerprint density at radius 3 is 2.93 bits per heavy atom. The Balaban J connectivity index is 2.58. The van der Waals surface area contributed by atoms with Crippen LogP contribution in [0.25, 0.3) is 21.9 Å². The van der Waals surface area contributed by atoms with Crippen LogP contribution < -0.4 is 0 Å². The Hall–Kier alpha value is -1.76. The van der Waals surface area contributed by atoms with E-state index in [9.17, 15) is 0 Å². The van der Waals surface area contributed by atoms with Crippen molar-refractivity contribution >= 4 is 21.9 Å². The summed E-state index contributed by atoms with van der Waals surface area (Å²) >= 11 is 0. The third-order valence-corrected chi connectivity index (χ3v) is 2.46. The van der Waals surface area contributed by atoms with Gasteiger partial charge >= 0.3 is 0 Å². The van der Waals surface area contributed by atoms with E-state index in [0.717, 1.165) is 16.4 Å². The van der Waals surface area contributed by atoms with Gasteiger partial charge in [0.25, 0.3) is 0 Å². The molecule has 0 fully saturated rings. The van der Waals surface area contributed by atoms with E-state index in [-0.39, 0.29) is 0 Å². The Labute approximate surface area is 83.4 Å². The zero-order valence-electron chi connectivity index (χ0n) is 8.87. The molecular weight excluding hydrogens is 172 g/mol. The highest BCUT2D eigenvalue weighted by molar-refractivity contribution is 6.04. The predicted octanol–water partition coefficient (Wildman–Crippen LogP) is 3.89. The number of aryl methyl sites for hydroxylation is 1. The minimum absolute atomic E-state index is 0.446. The van der Waals surface area contributed by atoms with Crippen LogP contribution in [0.2, 0.25) is 0 Å². The third-order valence-electron chi connectivity index (χ3n) is 2.46. The second-order valence-corrected chi connectivity index (χ2v) is 3.51. The first-order valence-electron chi connectivity index (χ1n) is 5.14. The van der Waals surface area contributed by atoms with Crippen molar-refractivity contribution < 1.29 is 5.79 Å². The van der Waals surface area contributed by atoms with Gasteiger partial charge in [-0.25, -0.2) is 0 Å². The van der Waals surface area contributed by atoms with Crippen LogP contribution in [0.5, 0.6) is 0 Å². The van der Waals surface area contributed by atoms with E-state index >= 15 is 0 Å². The smallest absolute Gasteiger partial charge is 0.135 e. The maximum Gasteiger partial charge on any atom is 0.135 e. The fourth-order valence-corrected chi connectivity index (χ4v) is 1.77. The summed E-state index contributed by atoms with van der Waals surface area (Å²) in [5.74, 6) is 0. The molecule has 0 N–H and O–H groups in total. The Morgan fingerprint density at radius 1 is 1.07 bits per heavy atom. The van der Waals surface area contributed by atoms with Crippen molar-refractivity contribution in [2.45, 2.75) is 6.92 Å². The lowest BCUT2D eigenvalue weighted by Gasteiger charge is -1.90. The highest BCUT2D eigenvalue weighted by Crippen LogP contribution is 2.28. The van der Waals surface area contributed by atoms with Crippen LogP contribution in [0, 0.1) is 6.92 Å². The number of fused-ring (bicyclic) bond motifs is 3. The largest absolute Gasteiger partial charge is 0.456 e. The van der Waals surface area contributed by atoms with Gasteiger partial charge in [0, 0.05) is 10.8 Å². The summed E-state index contributed by atoms with van der Waals surface area (Å²) in [7, 11) is 0. The summed E-state index contributed by atoms with van der Waals surface area (Å²) < 4.78 is 13.4. The van der Waals surface area contributed by atoms with Crippen LogP contribution in [0.4, 0.5) is 0 Å². The monoisotopic (exact) mass is 183 g/mol. The summed E-state index contributed by atoms with van der Waals surface area (Å²) in [6.07, 6.45) is 0. The van der Waals surface area contributed by atoms with Crippen LogP contribution in [0.3, 0.4) is 0 Å². The van der Waals surface area contributed by atoms with Gasteiger partial charge in [-0.1, -0.05) is 29.8 Å². The summed E-state index contributed by atoms with van der Waals surface area (Å²) in [6.45, 7) is 2.06. The van der Waals surface area contributed by atoms with Gasteiger partial charge in [0.1, 0.15) is 11.2 Å². The highest BCUT2D eigenvalue weighted by atomic mass is 16.3. The molecular formula is C13H10O. The van der Waals surface area contributed by atoms with Crippen LogP contribution >= 0.6 is 0 Å². The van der Waals surface area contributed by atoms with Crippen molar-refractivity contribution in [3.63, 3.8) is 0 Å². The standard InChI is InChI=1S/C13H10O/c1-9-6-7-13-11(8-9)10-4-2-3-5-12(10)14-13/h2-8H,1H3/i5D. The SMILES string of the molecule is [2H]c1cccc2c1oc1ccc(C)cc12. The predicted molar refractivity (Wildman–Crippen MR) is 58.5 cm³/mol. The molecule has 0 spiro atoms. The number of hydrogen-bond acceptors (Lipinski definition) is 1. The molecule has 3 aromatic rings. The lowest BCUT2D eigenvalue weighted by atomic mass is 10.1. The molecule has 0 atom stereocenters. The average molecular weight is 183 g/mol. The molecule has 68 valence electrons. The van der Waals surface area contributed by atoms with Crippen molar-refractivity contribution in [1.29, 1.82) is 0 Å². The van der Waals surface area contributed by atoms with Gasteiger partial charge in [-0.05, 0) is 25.1 Å². The van der Waals surface area contributed by atoms with Crippen LogP contribution in [-0.2, 0) is 0 Å². The molecule has 0 amide bonds. The van der Waals surface area contributed by atoms with Crippen molar-refractivity contribution in [1.82, 2.24) is 0 Å². The topological polar surface area (TPSA) is 13.1 Å². The number of furan rings is 1. The Kier molecular flexibility index (Phi) is 1.24. The zero-order chi connectivity index (χ0) is 10.4. The van der Waals surface area contributed by atoms with Gasteiger partial charge in [0.05, 0.1) is 1.37 Å². The normalized spacial score (nSPS) is 12.2. The first-order chi connectivity index (χ1) is 7.25. The second kappa shape index (κ2) is 2.61. The number of rotatable bonds is 0. The van der Waals surface area contributed by atoms with Crippen molar-refractivity contribution in [3.05, 3.63) is 48.0 Å². The molecule has 1 aromatic heterocycles. The van der Waals surface area contributed by atoms with E-state index in [1.54, 1.807) is 6.07 Å². The van der Waals surface area contributed by atoms with Crippen molar-refractivity contribution in [3.8, 4) is 0 Å². The van der Waals surface area contributed by atoms with E-state index in [1.807, 2.05) is 24.3 Å². The van der Waals surface area contributed by atoms with Crippen molar-refractivity contribution in [2.75, 3.05) is 0 Å². The molecule has 0 aliphatic heterocycles. The molecule has 14 heavy (non-hydrogen) atoms. The number of para-hydroxylation sites is 1. The molecule has 0 unspecified atom stereocenters. The van der Waals surface area contributed by atoms with Gasteiger partial charge in [-0.2, -0.15) is 0 Å². The second-order valence-electron chi connectivity index (χ2n) is 3.51. The van der Waals surface area contributed by atoms with E-state index in [4.69, 9.17) is 5.79 Å². The molecule has 0 radical (unpaired) electrons. The van der Waals surface area contributed by atoms with Gasteiger partial charge < -0.3 is 4.42 Å². The van der Waals surface area contributed by atoms with Crippen molar-refractivity contribution in [2.24, 2.45) is 0 Å². The maximum atomic E-state index is 7.76. The Bertz CT molecular complexity index is 652. The molecule has 0 aliphatic carbocycles. The molecule has 2 aromatic carbocycles. The van der Waals surface area contributed by atoms with Gasteiger partial charge in [-0.3, -0.25) is 0 Å². The lowest BCUT2D eigenvalue weighted by molar-refractivity contribution is 0.669. The van der Waals surface area contributed by atoms with Crippen LogP contribution in [0.1, 0.15) is 6.93 Å². The minimum atomic E-state index is 0.446. The van der Waals surface area contributed by atoms with Gasteiger partial charge in [-0.15, -0.1) is 0 Å². The minimum Gasteiger partial charge on any atom is -0.456 e. The van der Waals surface area contributed by atoms with E-state index in [1.165, 1.54) is 5.56 Å². The van der Waals surface area contributed by atoms with Gasteiger partial charge in [0.2, 0.25) is 0 Å². The van der Waals surface area contributed by atoms with E-state index in [0.29, 0.717) is 11.6 Å². The fraction of sp³-hybridized carbons (Fsp3) is 0.0769. The van der Waals surface area contributed by atoms with E-state index < -0.39 is 0 Å². The third kappa shape index (κ3) is 0.956. The number of benzene rings is 2. The number of hydrogen-bond donors (Lipinski definition) is 0. The summed E-state index contributed by atoms with van der Waals surface area (Å²) in [5, 5.41) is 2.13. The zero-order valence-corrected chi connectivity index (χ0v) is 7.87. The van der Waals surface area contributed by atoms with Crippen LogP contribution in [0.15, 0.2) is 46.9 Å². The summed E-state index contributed by atoms with van der Waals surface area (Å²) in [6, 6.07) is 12.2. The molecule has 3 rings (SSSR count). The molecule has 1 heterocycles. The molecule has 0 bridgehead atoms. The van der Waals surface area contributed by atoms with E-state index in [2.05, 4.69) is 13.0 Å². The molecule has 1 nitrogen and oxygen atoms in total. The Morgan fingerprint density at radius 2 is 2.00 bits per heavy atom. The molecule has 0 saturated carbocycles. The average Bonchev–Trinajstić information content (AvgIpc) is 2.58. The lowest BCUT2D eigenvalue weighted by Crippen LogP contribution is -1.69. The molecule has 1 heteroatoms. The molecule has 0 saturated heterocycles. The quantitative estimate of drug-likeness (QED) is 0.515.